The van der Waals surface area contributed by atoms with Gasteiger partial charge < -0.3 is 25.1 Å². The highest BCUT2D eigenvalue weighted by Crippen LogP contribution is 2.06. The lowest BCUT2D eigenvalue weighted by molar-refractivity contribution is 0.00451. The van der Waals surface area contributed by atoms with Crippen molar-refractivity contribution in [1.29, 1.82) is 0 Å². The van der Waals surface area contributed by atoms with Gasteiger partial charge in [-0.25, -0.2) is 0 Å². The third kappa shape index (κ3) is 7.24. The fourth-order valence-corrected chi connectivity index (χ4v) is 1.31. The van der Waals surface area contributed by atoms with E-state index in [0.717, 1.165) is 11.3 Å². The molecule has 18 heavy (non-hydrogen) atoms. The van der Waals surface area contributed by atoms with E-state index in [9.17, 15) is 0 Å². The molecule has 0 saturated heterocycles. The lowest BCUT2D eigenvalue weighted by Gasteiger charge is -2.06. The second-order valence-corrected chi connectivity index (χ2v) is 3.74. The van der Waals surface area contributed by atoms with Gasteiger partial charge in [0.25, 0.3) is 0 Å². The Balaban J connectivity index is 1.91. The number of rotatable bonds is 10. The van der Waals surface area contributed by atoms with E-state index in [1.165, 1.54) is 0 Å². The number of hydrogen-bond donors (Lipinski definition) is 2. The van der Waals surface area contributed by atoms with Gasteiger partial charge in [-0.2, -0.15) is 0 Å². The zero-order valence-corrected chi connectivity index (χ0v) is 10.5. The van der Waals surface area contributed by atoms with Crippen molar-refractivity contribution in [3.8, 4) is 0 Å². The predicted octanol–water partition coefficient (Wildman–Crippen LogP) is 0.811. The Morgan fingerprint density at radius 3 is 2.00 bits per heavy atom. The second-order valence-electron chi connectivity index (χ2n) is 3.74. The summed E-state index contributed by atoms with van der Waals surface area (Å²) in [5, 5.41) is 8.47. The van der Waals surface area contributed by atoms with Crippen molar-refractivity contribution in [3.05, 3.63) is 29.8 Å². The molecule has 0 aliphatic carbocycles. The molecule has 3 N–H and O–H groups in total. The quantitative estimate of drug-likeness (QED) is 0.478. The summed E-state index contributed by atoms with van der Waals surface area (Å²) in [5.74, 6) is 0. The molecule has 0 atom stereocenters. The molecule has 0 aliphatic heterocycles. The van der Waals surface area contributed by atoms with E-state index < -0.39 is 0 Å². The van der Waals surface area contributed by atoms with Crippen molar-refractivity contribution in [2.24, 2.45) is 0 Å². The van der Waals surface area contributed by atoms with Crippen LogP contribution in [0.3, 0.4) is 0 Å². The topological polar surface area (TPSA) is 73.9 Å². The molecule has 1 aromatic carbocycles. The minimum Gasteiger partial charge on any atom is -0.399 e. The first-order valence-electron chi connectivity index (χ1n) is 6.01. The van der Waals surface area contributed by atoms with Gasteiger partial charge in [-0.05, 0) is 17.7 Å². The molecule has 1 rings (SSSR count). The minimum absolute atomic E-state index is 0.0463. The molecule has 5 nitrogen and oxygen atoms in total. The largest absolute Gasteiger partial charge is 0.399 e. The lowest BCUT2D eigenvalue weighted by atomic mass is 10.2. The molecule has 0 aromatic heterocycles. The van der Waals surface area contributed by atoms with Gasteiger partial charge in [0.15, 0.2) is 0 Å². The summed E-state index contributed by atoms with van der Waals surface area (Å²) in [7, 11) is 0. The zero-order valence-electron chi connectivity index (χ0n) is 10.5. The number of aliphatic hydroxyl groups is 1. The van der Waals surface area contributed by atoms with E-state index in [4.69, 9.17) is 25.1 Å². The van der Waals surface area contributed by atoms with Crippen LogP contribution in [0.4, 0.5) is 5.69 Å². The number of ether oxygens (including phenoxy) is 3. The van der Waals surface area contributed by atoms with Crippen molar-refractivity contribution < 1.29 is 19.3 Å². The molecule has 0 amide bonds. The highest BCUT2D eigenvalue weighted by Gasteiger charge is 1.94. The number of aliphatic hydroxyl groups excluding tert-OH is 1. The number of hydrogen-bond acceptors (Lipinski definition) is 5. The van der Waals surface area contributed by atoms with Crippen LogP contribution in [0.5, 0.6) is 0 Å². The summed E-state index contributed by atoms with van der Waals surface area (Å²) < 4.78 is 15.8. The summed E-state index contributed by atoms with van der Waals surface area (Å²) in [6.45, 7) is 3.07. The minimum atomic E-state index is 0.0463. The van der Waals surface area contributed by atoms with Crippen LogP contribution in [0.25, 0.3) is 0 Å². The van der Waals surface area contributed by atoms with Crippen molar-refractivity contribution in [1.82, 2.24) is 0 Å². The van der Waals surface area contributed by atoms with Crippen LogP contribution in [0.15, 0.2) is 24.3 Å². The second kappa shape index (κ2) is 9.85. The van der Waals surface area contributed by atoms with E-state index >= 15 is 0 Å². The summed E-state index contributed by atoms with van der Waals surface area (Å²) in [5.41, 5.74) is 7.43. The van der Waals surface area contributed by atoms with Gasteiger partial charge in [-0.1, -0.05) is 12.1 Å². The smallest absolute Gasteiger partial charge is 0.0718 e. The molecule has 0 unspecified atom stereocenters. The Morgan fingerprint density at radius 2 is 1.39 bits per heavy atom. The molecule has 0 heterocycles. The van der Waals surface area contributed by atoms with Crippen molar-refractivity contribution >= 4 is 5.69 Å². The normalized spacial score (nSPS) is 10.7. The Labute approximate surface area is 107 Å². The van der Waals surface area contributed by atoms with E-state index in [0.29, 0.717) is 39.6 Å². The maximum atomic E-state index is 8.47. The van der Waals surface area contributed by atoms with Crippen molar-refractivity contribution in [2.45, 2.75) is 6.61 Å². The fraction of sp³-hybridized carbons (Fsp3) is 0.538. The molecule has 0 bridgehead atoms. The molecule has 0 fully saturated rings. The lowest BCUT2D eigenvalue weighted by Crippen LogP contribution is -2.10. The number of nitrogens with two attached hydrogens (primary N) is 1. The summed E-state index contributed by atoms with van der Waals surface area (Å²) in [6.07, 6.45) is 0. The fourth-order valence-electron chi connectivity index (χ4n) is 1.31. The molecule has 102 valence electrons. The molecular weight excluding hydrogens is 234 g/mol. The molecule has 0 saturated carbocycles. The summed E-state index contributed by atoms with van der Waals surface area (Å²) in [4.78, 5) is 0. The Kier molecular flexibility index (Phi) is 8.16. The standard InChI is InChI=1S/C13H21NO4/c14-13-3-1-12(2-4-13)11-18-10-9-17-8-7-16-6-5-15/h1-4,15H,5-11,14H2. The highest BCUT2D eigenvalue weighted by molar-refractivity contribution is 5.39. The van der Waals surface area contributed by atoms with Gasteiger partial charge in [0.2, 0.25) is 0 Å². The highest BCUT2D eigenvalue weighted by atomic mass is 16.5. The first-order chi connectivity index (χ1) is 8.83. The Morgan fingerprint density at radius 1 is 0.833 bits per heavy atom. The van der Waals surface area contributed by atoms with E-state index in [-0.39, 0.29) is 6.61 Å². The monoisotopic (exact) mass is 255 g/mol. The number of benzene rings is 1. The van der Waals surface area contributed by atoms with E-state index in [1.807, 2.05) is 24.3 Å². The maximum Gasteiger partial charge on any atom is 0.0718 e. The zero-order chi connectivity index (χ0) is 13.1. The van der Waals surface area contributed by atoms with Crippen LogP contribution in [0.2, 0.25) is 0 Å². The van der Waals surface area contributed by atoms with Crippen LogP contribution in [-0.2, 0) is 20.8 Å². The predicted molar refractivity (Wildman–Crippen MR) is 69.2 cm³/mol. The average Bonchev–Trinajstić information content (AvgIpc) is 2.39. The molecule has 0 spiro atoms. The van der Waals surface area contributed by atoms with Crippen molar-refractivity contribution in [3.63, 3.8) is 0 Å². The van der Waals surface area contributed by atoms with Crippen LogP contribution >= 0.6 is 0 Å². The van der Waals surface area contributed by atoms with Crippen LogP contribution < -0.4 is 5.73 Å². The van der Waals surface area contributed by atoms with Gasteiger partial charge in [0.05, 0.1) is 46.2 Å². The van der Waals surface area contributed by atoms with Crippen molar-refractivity contribution in [2.75, 3.05) is 45.4 Å². The van der Waals surface area contributed by atoms with E-state index in [1.54, 1.807) is 0 Å². The van der Waals surface area contributed by atoms with Gasteiger partial charge in [0.1, 0.15) is 0 Å². The number of nitrogen functional groups attached to an aromatic ring is 1. The van der Waals surface area contributed by atoms with Crippen LogP contribution in [0, 0.1) is 0 Å². The van der Waals surface area contributed by atoms with Gasteiger partial charge in [-0.15, -0.1) is 0 Å². The summed E-state index contributed by atoms with van der Waals surface area (Å²) in [6, 6.07) is 7.60. The third-order valence-corrected chi connectivity index (χ3v) is 2.23. The molecular formula is C13H21NO4. The van der Waals surface area contributed by atoms with Crippen LogP contribution in [0.1, 0.15) is 5.56 Å². The van der Waals surface area contributed by atoms with Gasteiger partial charge in [-0.3, -0.25) is 0 Å². The van der Waals surface area contributed by atoms with Gasteiger partial charge in [0, 0.05) is 5.69 Å². The molecule has 5 heteroatoms. The first kappa shape index (κ1) is 14.9. The molecule has 0 radical (unpaired) electrons. The maximum absolute atomic E-state index is 8.47. The third-order valence-electron chi connectivity index (χ3n) is 2.23. The first-order valence-corrected chi connectivity index (χ1v) is 6.01. The SMILES string of the molecule is Nc1ccc(COCCOCCOCCO)cc1. The Bertz CT molecular complexity index is 302. The Hall–Kier alpha value is -1.14. The number of anilines is 1. The molecule has 1 aromatic rings. The molecule has 0 aliphatic rings. The van der Waals surface area contributed by atoms with Crippen LogP contribution in [-0.4, -0.2) is 44.7 Å². The average molecular weight is 255 g/mol. The van der Waals surface area contributed by atoms with E-state index in [2.05, 4.69) is 0 Å². The summed E-state index contributed by atoms with van der Waals surface area (Å²) >= 11 is 0. The van der Waals surface area contributed by atoms with Gasteiger partial charge >= 0.3 is 0 Å².